The minimum atomic E-state index is -0.852. The van der Waals surface area contributed by atoms with Gasteiger partial charge in [0.15, 0.2) is 0 Å². The maximum atomic E-state index is 12.6. The molecule has 0 radical (unpaired) electrons. The number of hydrogen-bond acceptors (Lipinski definition) is 5. The van der Waals surface area contributed by atoms with Crippen LogP contribution in [0.4, 0.5) is 0 Å². The molecule has 24 heavy (non-hydrogen) atoms. The highest BCUT2D eigenvalue weighted by molar-refractivity contribution is 7.13. The minimum absolute atomic E-state index is 0.206. The number of benzene rings is 1. The summed E-state index contributed by atoms with van der Waals surface area (Å²) in [6, 6.07) is 7.16. The summed E-state index contributed by atoms with van der Waals surface area (Å²) in [6.07, 6.45) is 0.484. The Morgan fingerprint density at radius 1 is 1.33 bits per heavy atom. The normalized spacial score (nSPS) is 20.2. The third kappa shape index (κ3) is 2.99. The summed E-state index contributed by atoms with van der Waals surface area (Å²) in [5, 5.41) is 11.7. The molecule has 1 fully saturated rings. The number of likely N-dealkylation sites (tertiary alicyclic amines) is 1. The van der Waals surface area contributed by atoms with E-state index < -0.39 is 11.9 Å². The molecule has 0 bridgehead atoms. The van der Waals surface area contributed by atoms with Crippen LogP contribution < -0.4 is 4.74 Å². The lowest BCUT2D eigenvalue weighted by Crippen LogP contribution is -2.37. The molecule has 2 atom stereocenters. The van der Waals surface area contributed by atoms with Gasteiger partial charge in [0.1, 0.15) is 16.5 Å². The number of rotatable bonds is 4. The lowest BCUT2D eigenvalue weighted by Gasteiger charge is -2.22. The average molecular weight is 346 g/mol. The van der Waals surface area contributed by atoms with Gasteiger partial charge in [-0.2, -0.15) is 0 Å². The Bertz CT molecular complexity index is 756. The van der Waals surface area contributed by atoms with Gasteiger partial charge in [0.25, 0.3) is 5.91 Å². The van der Waals surface area contributed by atoms with E-state index in [0.717, 1.165) is 16.3 Å². The number of carbonyl (C=O) groups is 2. The van der Waals surface area contributed by atoms with Gasteiger partial charge in [0.2, 0.25) is 0 Å². The zero-order valence-electron chi connectivity index (χ0n) is 13.4. The van der Waals surface area contributed by atoms with Gasteiger partial charge < -0.3 is 14.7 Å². The van der Waals surface area contributed by atoms with Crippen molar-refractivity contribution in [3.05, 3.63) is 35.3 Å². The van der Waals surface area contributed by atoms with Gasteiger partial charge >= 0.3 is 5.97 Å². The van der Waals surface area contributed by atoms with Crippen LogP contribution in [0.3, 0.4) is 0 Å². The van der Waals surface area contributed by atoms with Gasteiger partial charge in [-0.3, -0.25) is 9.59 Å². The first-order chi connectivity index (χ1) is 11.5. The number of thiazole rings is 1. The molecule has 1 amide bonds. The SMILES string of the molecule is COc1ccc(-c2nc(C(=O)N3CCC(C(=O)O)C3C)cs2)cc1. The van der Waals surface area contributed by atoms with Gasteiger partial charge in [-0.1, -0.05) is 0 Å². The van der Waals surface area contributed by atoms with Crippen molar-refractivity contribution in [3.63, 3.8) is 0 Å². The van der Waals surface area contributed by atoms with Crippen LogP contribution in [0.15, 0.2) is 29.6 Å². The summed E-state index contributed by atoms with van der Waals surface area (Å²) in [4.78, 5) is 29.9. The number of hydrogen-bond donors (Lipinski definition) is 1. The van der Waals surface area contributed by atoms with Crippen LogP contribution in [0.25, 0.3) is 10.6 Å². The molecule has 0 spiro atoms. The molecule has 0 aliphatic carbocycles. The van der Waals surface area contributed by atoms with E-state index in [1.165, 1.54) is 11.3 Å². The fourth-order valence-electron chi connectivity index (χ4n) is 2.94. The second-order valence-corrected chi connectivity index (χ2v) is 6.60. The Hall–Kier alpha value is -2.41. The molecule has 126 valence electrons. The highest BCUT2D eigenvalue weighted by atomic mass is 32.1. The van der Waals surface area contributed by atoms with Gasteiger partial charge in [-0.15, -0.1) is 11.3 Å². The Labute approximate surface area is 143 Å². The van der Waals surface area contributed by atoms with E-state index in [1.54, 1.807) is 24.3 Å². The first-order valence-corrected chi connectivity index (χ1v) is 8.53. The molecule has 2 heterocycles. The Morgan fingerprint density at radius 3 is 2.62 bits per heavy atom. The highest BCUT2D eigenvalue weighted by Crippen LogP contribution is 2.29. The standard InChI is InChI=1S/C17H18N2O4S/c1-10-13(17(21)22)7-8-19(10)16(20)14-9-24-15(18-14)11-3-5-12(23-2)6-4-11/h3-6,9-10,13H,7-8H2,1-2H3,(H,21,22). The van der Waals surface area contributed by atoms with E-state index in [2.05, 4.69) is 4.98 Å². The molecular weight excluding hydrogens is 328 g/mol. The number of carboxylic acids is 1. The number of methoxy groups -OCH3 is 1. The Kier molecular flexibility index (Phi) is 4.53. The van der Waals surface area contributed by atoms with Gasteiger partial charge in [0.05, 0.1) is 13.0 Å². The molecule has 1 N–H and O–H groups in total. The van der Waals surface area contributed by atoms with Crippen LogP contribution in [0, 0.1) is 5.92 Å². The summed E-state index contributed by atoms with van der Waals surface area (Å²) in [7, 11) is 1.61. The molecule has 1 saturated heterocycles. The van der Waals surface area contributed by atoms with Crippen LogP contribution in [0.2, 0.25) is 0 Å². The summed E-state index contributed by atoms with van der Waals surface area (Å²) in [5.41, 5.74) is 1.28. The molecule has 7 heteroatoms. The molecule has 1 aliphatic heterocycles. The van der Waals surface area contributed by atoms with Crippen molar-refractivity contribution in [1.82, 2.24) is 9.88 Å². The maximum Gasteiger partial charge on any atom is 0.308 e. The highest BCUT2D eigenvalue weighted by Gasteiger charge is 2.38. The number of nitrogens with zero attached hydrogens (tertiary/aromatic N) is 2. The van der Waals surface area contributed by atoms with Crippen molar-refractivity contribution in [1.29, 1.82) is 0 Å². The number of aromatic nitrogens is 1. The van der Waals surface area contributed by atoms with E-state index in [9.17, 15) is 14.7 Å². The summed E-state index contributed by atoms with van der Waals surface area (Å²) < 4.78 is 5.13. The second kappa shape index (κ2) is 6.60. The summed E-state index contributed by atoms with van der Waals surface area (Å²) in [5.74, 6) is -0.803. The van der Waals surface area contributed by atoms with E-state index in [4.69, 9.17) is 4.74 Å². The minimum Gasteiger partial charge on any atom is -0.497 e. The predicted molar refractivity (Wildman–Crippen MR) is 90.3 cm³/mol. The largest absolute Gasteiger partial charge is 0.497 e. The number of carbonyl (C=O) groups excluding carboxylic acids is 1. The fourth-order valence-corrected chi connectivity index (χ4v) is 3.74. The molecular formula is C17H18N2O4S. The Balaban J connectivity index is 1.77. The van der Waals surface area contributed by atoms with Crippen molar-refractivity contribution in [2.24, 2.45) is 5.92 Å². The Morgan fingerprint density at radius 2 is 2.04 bits per heavy atom. The van der Waals surface area contributed by atoms with Crippen LogP contribution in [-0.2, 0) is 4.79 Å². The molecule has 2 unspecified atom stereocenters. The zero-order chi connectivity index (χ0) is 17.3. The number of amides is 1. The molecule has 1 aromatic carbocycles. The average Bonchev–Trinajstić information content (AvgIpc) is 3.21. The number of aliphatic carboxylic acids is 1. The number of carboxylic acid groups (broad SMARTS) is 1. The van der Waals surface area contributed by atoms with Crippen LogP contribution in [0.1, 0.15) is 23.8 Å². The van der Waals surface area contributed by atoms with E-state index in [0.29, 0.717) is 18.7 Å². The second-order valence-electron chi connectivity index (χ2n) is 5.74. The van der Waals surface area contributed by atoms with Gasteiger partial charge in [0, 0.05) is 23.5 Å². The zero-order valence-corrected chi connectivity index (χ0v) is 14.2. The van der Waals surface area contributed by atoms with Crippen LogP contribution in [0.5, 0.6) is 5.75 Å². The molecule has 1 aliphatic rings. The summed E-state index contributed by atoms with van der Waals surface area (Å²) in [6.45, 7) is 2.23. The first kappa shape index (κ1) is 16.4. The lowest BCUT2D eigenvalue weighted by atomic mass is 10.0. The monoisotopic (exact) mass is 346 g/mol. The number of ether oxygens (including phenoxy) is 1. The molecule has 0 saturated carbocycles. The topological polar surface area (TPSA) is 79.7 Å². The van der Waals surface area contributed by atoms with E-state index in [-0.39, 0.29) is 11.9 Å². The third-order valence-electron chi connectivity index (χ3n) is 4.39. The molecule has 6 nitrogen and oxygen atoms in total. The van der Waals surface area contributed by atoms with Crippen molar-refractivity contribution in [3.8, 4) is 16.3 Å². The lowest BCUT2D eigenvalue weighted by molar-refractivity contribution is -0.142. The van der Waals surface area contributed by atoms with Crippen LogP contribution in [-0.4, -0.2) is 46.6 Å². The van der Waals surface area contributed by atoms with E-state index >= 15 is 0 Å². The fraction of sp³-hybridized carbons (Fsp3) is 0.353. The van der Waals surface area contributed by atoms with E-state index in [1.807, 2.05) is 24.3 Å². The van der Waals surface area contributed by atoms with Crippen molar-refractivity contribution in [2.75, 3.05) is 13.7 Å². The summed E-state index contributed by atoms with van der Waals surface area (Å²) >= 11 is 1.40. The molecule has 2 aromatic rings. The van der Waals surface area contributed by atoms with Gasteiger partial charge in [-0.05, 0) is 37.6 Å². The van der Waals surface area contributed by atoms with Gasteiger partial charge in [-0.25, -0.2) is 4.98 Å². The maximum absolute atomic E-state index is 12.6. The third-order valence-corrected chi connectivity index (χ3v) is 5.28. The van der Waals surface area contributed by atoms with Crippen molar-refractivity contribution < 1.29 is 19.4 Å². The smallest absolute Gasteiger partial charge is 0.308 e. The van der Waals surface area contributed by atoms with Crippen molar-refractivity contribution >= 4 is 23.2 Å². The van der Waals surface area contributed by atoms with Crippen LogP contribution >= 0.6 is 11.3 Å². The molecule has 3 rings (SSSR count). The quantitative estimate of drug-likeness (QED) is 0.921. The first-order valence-electron chi connectivity index (χ1n) is 7.65. The molecule has 1 aromatic heterocycles. The van der Waals surface area contributed by atoms with Crippen molar-refractivity contribution in [2.45, 2.75) is 19.4 Å². The predicted octanol–water partition coefficient (Wildman–Crippen LogP) is 2.75.